The summed E-state index contributed by atoms with van der Waals surface area (Å²) in [7, 11) is 0. The van der Waals surface area contributed by atoms with Crippen molar-refractivity contribution in [1.82, 2.24) is 4.98 Å². The number of nitrogen functional groups attached to an aromatic ring is 1. The van der Waals surface area contributed by atoms with Crippen LogP contribution in [0.1, 0.15) is 11.3 Å². The van der Waals surface area contributed by atoms with Gasteiger partial charge >= 0.3 is 0 Å². The average Bonchev–Trinajstić information content (AvgIpc) is 2.33. The highest BCUT2D eigenvalue weighted by Crippen LogP contribution is 2.28. The number of nitrogens with zero attached hydrogens (tertiary/aromatic N) is 1. The Labute approximate surface area is 113 Å². The van der Waals surface area contributed by atoms with Gasteiger partial charge < -0.3 is 10.5 Å². The Kier molecular flexibility index (Phi) is 3.62. The van der Waals surface area contributed by atoms with Crippen LogP contribution in [0.5, 0.6) is 11.5 Å². The Balaban J connectivity index is 2.37. The zero-order valence-corrected chi connectivity index (χ0v) is 11.4. The molecule has 5 heteroatoms. The van der Waals surface area contributed by atoms with E-state index in [-0.39, 0.29) is 5.84 Å². The summed E-state index contributed by atoms with van der Waals surface area (Å²) in [6.07, 6.45) is 1.58. The molecule has 2 aromatic rings. The van der Waals surface area contributed by atoms with Gasteiger partial charge in [-0.2, -0.15) is 0 Å². The van der Waals surface area contributed by atoms with Crippen molar-refractivity contribution in [3.63, 3.8) is 0 Å². The van der Waals surface area contributed by atoms with Gasteiger partial charge in [-0.05, 0) is 42.8 Å². The first kappa shape index (κ1) is 12.6. The molecule has 0 fully saturated rings. The van der Waals surface area contributed by atoms with Crippen molar-refractivity contribution in [2.45, 2.75) is 6.92 Å². The Hall–Kier alpha value is -1.88. The first-order valence-electron chi connectivity index (χ1n) is 5.31. The molecule has 4 nitrogen and oxygen atoms in total. The number of halogens is 1. The van der Waals surface area contributed by atoms with Gasteiger partial charge in [-0.3, -0.25) is 5.41 Å². The topological polar surface area (TPSA) is 72.0 Å². The number of aryl methyl sites for hydroxylation is 1. The number of nitrogens with one attached hydrogen (secondary N) is 1. The number of hydrogen-bond acceptors (Lipinski definition) is 3. The van der Waals surface area contributed by atoms with Crippen LogP contribution in [-0.2, 0) is 0 Å². The summed E-state index contributed by atoms with van der Waals surface area (Å²) in [5.41, 5.74) is 6.80. The molecule has 1 heterocycles. The number of nitrogens with two attached hydrogens (primary N) is 1. The molecule has 0 saturated carbocycles. The zero-order valence-electron chi connectivity index (χ0n) is 9.77. The lowest BCUT2D eigenvalue weighted by Crippen LogP contribution is -2.14. The number of benzene rings is 1. The predicted octanol–water partition coefficient (Wildman–Crippen LogP) is 3.23. The Morgan fingerprint density at radius 3 is 2.78 bits per heavy atom. The molecule has 0 aliphatic rings. The Morgan fingerprint density at radius 1 is 1.33 bits per heavy atom. The normalized spacial score (nSPS) is 10.1. The van der Waals surface area contributed by atoms with Crippen LogP contribution in [0.15, 0.2) is 41.0 Å². The molecule has 0 unspecified atom stereocenters. The Bertz CT molecular complexity index is 599. The van der Waals surface area contributed by atoms with E-state index in [9.17, 15) is 0 Å². The lowest BCUT2D eigenvalue weighted by atomic mass is 10.2. The first-order chi connectivity index (χ1) is 8.58. The van der Waals surface area contributed by atoms with Crippen molar-refractivity contribution in [2.75, 3.05) is 0 Å². The lowest BCUT2D eigenvalue weighted by Gasteiger charge is -2.11. The molecule has 0 bridgehead atoms. The minimum Gasteiger partial charge on any atom is -0.455 e. The van der Waals surface area contributed by atoms with E-state index in [2.05, 4.69) is 20.9 Å². The van der Waals surface area contributed by atoms with E-state index < -0.39 is 0 Å². The Morgan fingerprint density at radius 2 is 2.11 bits per heavy atom. The second-order valence-electron chi connectivity index (χ2n) is 3.78. The summed E-state index contributed by atoms with van der Waals surface area (Å²) in [4.78, 5) is 4.04. The van der Waals surface area contributed by atoms with E-state index in [0.717, 1.165) is 10.0 Å². The third kappa shape index (κ3) is 2.68. The van der Waals surface area contributed by atoms with E-state index in [1.807, 2.05) is 25.1 Å². The van der Waals surface area contributed by atoms with E-state index in [4.69, 9.17) is 15.9 Å². The molecular formula is C13H12BrN3O. The van der Waals surface area contributed by atoms with Crippen LogP contribution in [0.25, 0.3) is 0 Å². The summed E-state index contributed by atoms with van der Waals surface area (Å²) >= 11 is 3.40. The molecule has 0 amide bonds. The number of pyridine rings is 1. The molecule has 0 radical (unpaired) electrons. The van der Waals surface area contributed by atoms with Crippen molar-refractivity contribution in [2.24, 2.45) is 5.73 Å². The third-order valence-corrected chi connectivity index (χ3v) is 2.88. The number of ether oxygens (including phenoxy) is 1. The van der Waals surface area contributed by atoms with Gasteiger partial charge in [0.05, 0.1) is 0 Å². The first-order valence-corrected chi connectivity index (χ1v) is 6.10. The van der Waals surface area contributed by atoms with Crippen LogP contribution in [0, 0.1) is 12.3 Å². The van der Waals surface area contributed by atoms with Gasteiger partial charge in [-0.25, -0.2) is 4.98 Å². The monoisotopic (exact) mass is 305 g/mol. The summed E-state index contributed by atoms with van der Waals surface area (Å²) < 4.78 is 6.74. The number of amidine groups is 1. The van der Waals surface area contributed by atoms with Crippen LogP contribution < -0.4 is 10.5 Å². The van der Waals surface area contributed by atoms with Gasteiger partial charge in [-0.15, -0.1) is 0 Å². The lowest BCUT2D eigenvalue weighted by molar-refractivity contribution is 0.475. The molecule has 18 heavy (non-hydrogen) atoms. The molecule has 1 aromatic heterocycles. The standard InChI is InChI=1S/C13H12BrN3O/c1-8-7-9(14)4-5-10(8)18-11-3-2-6-17-12(11)13(15)16/h2-7H,1H3,(H3,15,16). The fourth-order valence-corrected chi connectivity index (χ4v) is 2.00. The summed E-state index contributed by atoms with van der Waals surface area (Å²) in [5.74, 6) is 1.09. The number of aromatic nitrogens is 1. The maximum Gasteiger partial charge on any atom is 0.156 e. The average molecular weight is 306 g/mol. The molecular weight excluding hydrogens is 294 g/mol. The highest BCUT2D eigenvalue weighted by Gasteiger charge is 2.09. The van der Waals surface area contributed by atoms with Gasteiger partial charge in [0.25, 0.3) is 0 Å². The quantitative estimate of drug-likeness (QED) is 0.675. The maximum absolute atomic E-state index is 7.46. The van der Waals surface area contributed by atoms with Gasteiger partial charge in [0, 0.05) is 10.7 Å². The minimum absolute atomic E-state index is 0.111. The van der Waals surface area contributed by atoms with Crippen molar-refractivity contribution in [1.29, 1.82) is 5.41 Å². The molecule has 3 N–H and O–H groups in total. The zero-order chi connectivity index (χ0) is 13.1. The molecule has 0 atom stereocenters. The van der Waals surface area contributed by atoms with Crippen molar-refractivity contribution in [3.8, 4) is 11.5 Å². The summed E-state index contributed by atoms with van der Waals surface area (Å²) in [6.45, 7) is 1.95. The van der Waals surface area contributed by atoms with Crippen molar-refractivity contribution in [3.05, 3.63) is 52.3 Å². The largest absolute Gasteiger partial charge is 0.455 e. The molecule has 1 aromatic carbocycles. The fourth-order valence-electron chi connectivity index (χ4n) is 1.52. The highest BCUT2D eigenvalue weighted by molar-refractivity contribution is 9.10. The van der Waals surface area contributed by atoms with Crippen molar-refractivity contribution < 1.29 is 4.74 Å². The van der Waals surface area contributed by atoms with Crippen LogP contribution in [-0.4, -0.2) is 10.8 Å². The molecule has 2 rings (SSSR count). The highest BCUT2D eigenvalue weighted by atomic mass is 79.9. The second-order valence-corrected chi connectivity index (χ2v) is 4.69. The fraction of sp³-hybridized carbons (Fsp3) is 0.0769. The summed E-state index contributed by atoms with van der Waals surface area (Å²) in [6, 6.07) is 9.20. The van der Waals surface area contributed by atoms with E-state index in [0.29, 0.717) is 17.2 Å². The van der Waals surface area contributed by atoms with Crippen LogP contribution in [0.3, 0.4) is 0 Å². The smallest absolute Gasteiger partial charge is 0.156 e. The van der Waals surface area contributed by atoms with Gasteiger partial charge in [0.1, 0.15) is 17.3 Å². The molecule has 0 aliphatic carbocycles. The molecule has 0 spiro atoms. The maximum atomic E-state index is 7.46. The van der Waals surface area contributed by atoms with Gasteiger partial charge in [-0.1, -0.05) is 15.9 Å². The van der Waals surface area contributed by atoms with Crippen molar-refractivity contribution >= 4 is 21.8 Å². The third-order valence-electron chi connectivity index (χ3n) is 2.38. The molecule has 92 valence electrons. The SMILES string of the molecule is Cc1cc(Br)ccc1Oc1cccnc1C(=N)N. The van der Waals surface area contributed by atoms with Crippen LogP contribution in [0.2, 0.25) is 0 Å². The molecule has 0 aliphatic heterocycles. The number of rotatable bonds is 3. The van der Waals surface area contributed by atoms with E-state index >= 15 is 0 Å². The molecule has 0 saturated heterocycles. The predicted molar refractivity (Wildman–Crippen MR) is 74.2 cm³/mol. The van der Waals surface area contributed by atoms with E-state index in [1.54, 1.807) is 18.3 Å². The minimum atomic E-state index is -0.111. The number of hydrogen-bond donors (Lipinski definition) is 2. The van der Waals surface area contributed by atoms with Gasteiger partial charge in [0.15, 0.2) is 5.75 Å². The van der Waals surface area contributed by atoms with E-state index in [1.165, 1.54) is 0 Å². The second kappa shape index (κ2) is 5.18. The van der Waals surface area contributed by atoms with Gasteiger partial charge in [0.2, 0.25) is 0 Å². The van der Waals surface area contributed by atoms with Crippen LogP contribution in [0.4, 0.5) is 0 Å². The summed E-state index contributed by atoms with van der Waals surface area (Å²) in [5, 5.41) is 7.46. The van der Waals surface area contributed by atoms with Crippen LogP contribution >= 0.6 is 15.9 Å².